The molecule has 0 radical (unpaired) electrons. The van der Waals surface area contributed by atoms with Gasteiger partial charge >= 0.3 is 0 Å². The zero-order valence-corrected chi connectivity index (χ0v) is 13.4. The number of H-pyrrole nitrogens is 1. The van der Waals surface area contributed by atoms with Gasteiger partial charge in [-0.2, -0.15) is 0 Å². The van der Waals surface area contributed by atoms with Gasteiger partial charge in [0.1, 0.15) is 10.8 Å². The first-order valence-corrected chi connectivity index (χ1v) is 7.89. The molecule has 1 amide bonds. The molecule has 116 valence electrons. The van der Waals surface area contributed by atoms with E-state index in [0.29, 0.717) is 15.9 Å². The number of nitrogens with zero attached hydrogens (tertiary/aromatic N) is 2. The summed E-state index contributed by atoms with van der Waals surface area (Å²) in [5.41, 5.74) is 1.56. The third kappa shape index (κ3) is 3.36. The minimum absolute atomic E-state index is 0.159. The molecule has 3 rings (SSSR count). The van der Waals surface area contributed by atoms with Crippen LogP contribution in [0.2, 0.25) is 10.2 Å². The summed E-state index contributed by atoms with van der Waals surface area (Å²) in [6.07, 6.45) is 5.39. The van der Waals surface area contributed by atoms with Crippen LogP contribution in [0.5, 0.6) is 0 Å². The number of carbonyl (C=O) groups is 1. The number of hydrogen-bond acceptors (Lipinski definition) is 3. The zero-order valence-electron chi connectivity index (χ0n) is 11.9. The van der Waals surface area contributed by atoms with Gasteiger partial charge in [0.2, 0.25) is 0 Å². The van der Waals surface area contributed by atoms with Gasteiger partial charge in [-0.05, 0) is 31.0 Å². The van der Waals surface area contributed by atoms with Crippen LogP contribution in [0.3, 0.4) is 0 Å². The first kappa shape index (κ1) is 15.2. The molecule has 1 aliphatic rings. The second-order valence-corrected chi connectivity index (χ2v) is 6.07. The van der Waals surface area contributed by atoms with Gasteiger partial charge < -0.3 is 15.2 Å². The summed E-state index contributed by atoms with van der Waals surface area (Å²) in [5, 5.41) is 3.67. The second-order valence-electron chi connectivity index (χ2n) is 5.29. The highest BCUT2D eigenvalue weighted by atomic mass is 35.5. The number of carbonyl (C=O) groups excluding carboxylic acids is 1. The molecule has 0 saturated carbocycles. The maximum atomic E-state index is 12.1. The summed E-state index contributed by atoms with van der Waals surface area (Å²) in [5.74, 6) is -0.170. The maximum Gasteiger partial charge on any atom is 0.268 e. The Balaban J connectivity index is 1.55. The van der Waals surface area contributed by atoms with Crippen LogP contribution in [0.4, 0.5) is 5.69 Å². The number of amides is 1. The van der Waals surface area contributed by atoms with Gasteiger partial charge in [0.15, 0.2) is 0 Å². The molecule has 0 bridgehead atoms. The molecule has 0 unspecified atom stereocenters. The van der Waals surface area contributed by atoms with Crippen LogP contribution in [0.15, 0.2) is 30.6 Å². The van der Waals surface area contributed by atoms with Crippen LogP contribution in [-0.2, 0) is 0 Å². The van der Waals surface area contributed by atoms with Gasteiger partial charge in [0.25, 0.3) is 5.91 Å². The number of piperidine rings is 1. The maximum absolute atomic E-state index is 12.1. The SMILES string of the molecule is O=C(NC1CCN(c2ccncc2)CC1)c1cc(Cl)c(Cl)[nH]1. The van der Waals surface area contributed by atoms with Crippen molar-refractivity contribution in [3.05, 3.63) is 46.5 Å². The third-order valence-corrected chi connectivity index (χ3v) is 4.52. The van der Waals surface area contributed by atoms with E-state index < -0.39 is 0 Å². The normalized spacial score (nSPS) is 15.8. The molecule has 0 spiro atoms. The van der Waals surface area contributed by atoms with E-state index in [2.05, 4.69) is 20.2 Å². The smallest absolute Gasteiger partial charge is 0.268 e. The van der Waals surface area contributed by atoms with E-state index >= 15 is 0 Å². The van der Waals surface area contributed by atoms with E-state index in [1.54, 1.807) is 18.5 Å². The van der Waals surface area contributed by atoms with E-state index in [9.17, 15) is 4.79 Å². The lowest BCUT2D eigenvalue weighted by atomic mass is 10.0. The van der Waals surface area contributed by atoms with E-state index in [4.69, 9.17) is 23.2 Å². The molecule has 2 N–H and O–H groups in total. The van der Waals surface area contributed by atoms with Crippen molar-refractivity contribution in [1.29, 1.82) is 0 Å². The fourth-order valence-corrected chi connectivity index (χ4v) is 2.94. The molecule has 3 heterocycles. The molecular weight excluding hydrogens is 323 g/mol. The highest BCUT2D eigenvalue weighted by Crippen LogP contribution is 2.22. The molecule has 0 aromatic carbocycles. The molecule has 22 heavy (non-hydrogen) atoms. The topological polar surface area (TPSA) is 61.0 Å². The van der Waals surface area contributed by atoms with Crippen molar-refractivity contribution < 1.29 is 4.79 Å². The van der Waals surface area contributed by atoms with Crippen molar-refractivity contribution in [1.82, 2.24) is 15.3 Å². The van der Waals surface area contributed by atoms with E-state index in [1.165, 1.54) is 5.69 Å². The molecule has 7 heteroatoms. The van der Waals surface area contributed by atoms with Gasteiger partial charge in [-0.15, -0.1) is 0 Å². The molecule has 5 nitrogen and oxygen atoms in total. The Hall–Kier alpha value is -1.72. The van der Waals surface area contributed by atoms with Crippen molar-refractivity contribution in [2.24, 2.45) is 0 Å². The number of halogens is 2. The number of aromatic amines is 1. The Morgan fingerprint density at radius 3 is 2.55 bits per heavy atom. The van der Waals surface area contributed by atoms with Gasteiger partial charge in [0, 0.05) is 37.2 Å². The summed E-state index contributed by atoms with van der Waals surface area (Å²) in [6.45, 7) is 1.81. The molecule has 2 aromatic heterocycles. The standard InChI is InChI=1S/C15H16Cl2N4O/c16-12-9-13(20-14(12)17)15(22)19-10-3-7-21(8-4-10)11-1-5-18-6-2-11/h1-2,5-6,9-10,20H,3-4,7-8H2,(H,19,22). The summed E-state index contributed by atoms with van der Waals surface area (Å²) in [7, 11) is 0. The fourth-order valence-electron chi connectivity index (χ4n) is 2.63. The summed E-state index contributed by atoms with van der Waals surface area (Å²) < 4.78 is 0. The number of rotatable bonds is 3. The number of nitrogens with one attached hydrogen (secondary N) is 2. The highest BCUT2D eigenvalue weighted by Gasteiger charge is 2.22. The Kier molecular flexibility index (Phi) is 4.55. The zero-order chi connectivity index (χ0) is 15.5. The van der Waals surface area contributed by atoms with Crippen molar-refractivity contribution in [3.8, 4) is 0 Å². The van der Waals surface area contributed by atoms with Crippen molar-refractivity contribution in [2.75, 3.05) is 18.0 Å². The largest absolute Gasteiger partial charge is 0.371 e. The molecule has 1 aliphatic heterocycles. The average Bonchev–Trinajstić information content (AvgIpc) is 2.88. The lowest BCUT2D eigenvalue weighted by Crippen LogP contribution is -2.44. The van der Waals surface area contributed by atoms with E-state index in [-0.39, 0.29) is 11.9 Å². The van der Waals surface area contributed by atoms with Gasteiger partial charge in [-0.1, -0.05) is 23.2 Å². The Labute approximate surface area is 138 Å². The molecule has 0 aliphatic carbocycles. The second kappa shape index (κ2) is 6.58. The highest BCUT2D eigenvalue weighted by molar-refractivity contribution is 6.41. The van der Waals surface area contributed by atoms with Gasteiger partial charge in [-0.3, -0.25) is 9.78 Å². The van der Waals surface area contributed by atoms with Crippen LogP contribution < -0.4 is 10.2 Å². The van der Waals surface area contributed by atoms with Crippen LogP contribution in [-0.4, -0.2) is 35.0 Å². The first-order valence-electron chi connectivity index (χ1n) is 7.13. The summed E-state index contributed by atoms with van der Waals surface area (Å²) >= 11 is 11.7. The van der Waals surface area contributed by atoms with Crippen molar-refractivity contribution in [2.45, 2.75) is 18.9 Å². The molecule has 1 saturated heterocycles. The molecule has 1 fully saturated rings. The Morgan fingerprint density at radius 2 is 1.95 bits per heavy atom. The predicted molar refractivity (Wildman–Crippen MR) is 87.8 cm³/mol. The van der Waals surface area contributed by atoms with E-state index in [1.807, 2.05) is 12.1 Å². The third-order valence-electron chi connectivity index (χ3n) is 3.83. The average molecular weight is 339 g/mol. The molecular formula is C15H16Cl2N4O. The van der Waals surface area contributed by atoms with Crippen LogP contribution in [0.1, 0.15) is 23.3 Å². The minimum Gasteiger partial charge on any atom is -0.371 e. The van der Waals surface area contributed by atoms with Crippen molar-refractivity contribution in [3.63, 3.8) is 0 Å². The van der Waals surface area contributed by atoms with Gasteiger partial charge in [-0.25, -0.2) is 0 Å². The predicted octanol–water partition coefficient (Wildman–Crippen LogP) is 3.12. The summed E-state index contributed by atoms with van der Waals surface area (Å²) in [4.78, 5) is 21.2. The monoisotopic (exact) mass is 338 g/mol. The Morgan fingerprint density at radius 1 is 1.27 bits per heavy atom. The van der Waals surface area contributed by atoms with Crippen LogP contribution in [0.25, 0.3) is 0 Å². The molecule has 2 aromatic rings. The van der Waals surface area contributed by atoms with Gasteiger partial charge in [0.05, 0.1) is 5.02 Å². The molecule has 0 atom stereocenters. The fraction of sp³-hybridized carbons (Fsp3) is 0.333. The summed E-state index contributed by atoms with van der Waals surface area (Å²) in [6, 6.07) is 5.71. The van der Waals surface area contributed by atoms with Crippen LogP contribution in [0, 0.1) is 0 Å². The number of aromatic nitrogens is 2. The number of anilines is 1. The lowest BCUT2D eigenvalue weighted by Gasteiger charge is -2.33. The first-order chi connectivity index (χ1) is 10.6. The quantitative estimate of drug-likeness (QED) is 0.903. The Bertz CT molecular complexity index is 631. The number of pyridine rings is 1. The lowest BCUT2D eigenvalue weighted by molar-refractivity contribution is 0.0926. The van der Waals surface area contributed by atoms with E-state index in [0.717, 1.165) is 25.9 Å². The number of hydrogen-bond donors (Lipinski definition) is 2. The van der Waals surface area contributed by atoms with Crippen LogP contribution >= 0.6 is 23.2 Å². The van der Waals surface area contributed by atoms with Crippen molar-refractivity contribution >= 4 is 34.8 Å². The minimum atomic E-state index is -0.170.